The van der Waals surface area contributed by atoms with Crippen molar-refractivity contribution in [2.24, 2.45) is 11.8 Å². The van der Waals surface area contributed by atoms with Crippen LogP contribution in [0.2, 0.25) is 0 Å². The molecule has 2 heterocycles. The molecule has 0 radical (unpaired) electrons. The second kappa shape index (κ2) is 15.5. The Kier molecular flexibility index (Phi) is 12.1. The number of hydrogen-bond donors (Lipinski definition) is 1. The molecule has 2 amide bonds. The standard InChI is InChI=1S/C31H44N2O5/c1-3-5-7-15-26(20-24-13-8-6-9-14-24)31(37)38-23-28-17-11-19-33(28)30(36)25(12-4-2)21-29(35)32-18-10-16-27(32)22-34/h3-4,6,8-9,13-14,25-28,34H,1-2,5,7,10-12,15-23H2/t25-,26-,27+,28+/m1/s1. The van der Waals surface area contributed by atoms with E-state index in [4.69, 9.17) is 4.74 Å². The van der Waals surface area contributed by atoms with E-state index in [1.165, 1.54) is 0 Å². The van der Waals surface area contributed by atoms with Crippen LogP contribution in [-0.4, -0.2) is 71.1 Å². The Morgan fingerprint density at radius 2 is 1.71 bits per heavy atom. The lowest BCUT2D eigenvalue weighted by Gasteiger charge is -2.30. The van der Waals surface area contributed by atoms with Crippen LogP contribution in [0, 0.1) is 11.8 Å². The number of ether oxygens (including phenoxy) is 1. The summed E-state index contributed by atoms with van der Waals surface area (Å²) in [6.07, 6.45) is 10.4. The summed E-state index contributed by atoms with van der Waals surface area (Å²) in [5, 5.41) is 9.59. The van der Waals surface area contributed by atoms with Gasteiger partial charge in [0.05, 0.1) is 30.5 Å². The van der Waals surface area contributed by atoms with Crippen molar-refractivity contribution in [1.82, 2.24) is 9.80 Å². The molecule has 0 aliphatic carbocycles. The molecule has 2 fully saturated rings. The van der Waals surface area contributed by atoms with Gasteiger partial charge < -0.3 is 19.6 Å². The first-order valence-electron chi connectivity index (χ1n) is 14.1. The minimum atomic E-state index is -0.499. The van der Waals surface area contributed by atoms with E-state index in [1.54, 1.807) is 15.9 Å². The molecule has 0 unspecified atom stereocenters. The van der Waals surface area contributed by atoms with Crippen molar-refractivity contribution in [3.63, 3.8) is 0 Å². The van der Waals surface area contributed by atoms with Crippen LogP contribution in [0.1, 0.15) is 63.4 Å². The molecule has 208 valence electrons. The zero-order chi connectivity index (χ0) is 27.3. The van der Waals surface area contributed by atoms with Gasteiger partial charge in [0.15, 0.2) is 0 Å². The molecule has 1 N–H and O–H groups in total. The van der Waals surface area contributed by atoms with E-state index in [1.807, 2.05) is 36.4 Å². The smallest absolute Gasteiger partial charge is 0.309 e. The third kappa shape index (κ3) is 8.29. The van der Waals surface area contributed by atoms with Crippen LogP contribution in [0.5, 0.6) is 0 Å². The van der Waals surface area contributed by atoms with E-state index in [-0.39, 0.29) is 55.4 Å². The first kappa shape index (κ1) is 29.6. The Bertz CT molecular complexity index is 933. The van der Waals surface area contributed by atoms with Gasteiger partial charge in [0.1, 0.15) is 6.61 Å². The number of aliphatic hydroxyl groups is 1. The van der Waals surface area contributed by atoms with Crippen molar-refractivity contribution < 1.29 is 24.2 Å². The number of unbranched alkanes of at least 4 members (excludes halogenated alkanes) is 1. The van der Waals surface area contributed by atoms with Gasteiger partial charge in [-0.05, 0) is 63.4 Å². The Morgan fingerprint density at radius 1 is 1.00 bits per heavy atom. The number of likely N-dealkylation sites (tertiary alicyclic amines) is 2. The van der Waals surface area contributed by atoms with E-state index in [2.05, 4.69) is 13.2 Å². The van der Waals surface area contributed by atoms with Crippen LogP contribution in [0.25, 0.3) is 0 Å². The normalized spacial score (nSPS) is 20.7. The molecule has 2 aliphatic rings. The summed E-state index contributed by atoms with van der Waals surface area (Å²) in [6.45, 7) is 8.92. The Labute approximate surface area is 227 Å². The van der Waals surface area contributed by atoms with E-state index in [9.17, 15) is 19.5 Å². The molecule has 0 aromatic heterocycles. The highest BCUT2D eigenvalue weighted by Crippen LogP contribution is 2.26. The molecule has 2 aliphatic heterocycles. The van der Waals surface area contributed by atoms with Gasteiger partial charge in [-0.2, -0.15) is 0 Å². The molecule has 7 nitrogen and oxygen atoms in total. The lowest BCUT2D eigenvalue weighted by Crippen LogP contribution is -2.45. The monoisotopic (exact) mass is 524 g/mol. The van der Waals surface area contributed by atoms with Crippen molar-refractivity contribution >= 4 is 17.8 Å². The molecule has 7 heteroatoms. The van der Waals surface area contributed by atoms with E-state index in [0.717, 1.165) is 50.5 Å². The van der Waals surface area contributed by atoms with Crippen molar-refractivity contribution in [1.29, 1.82) is 0 Å². The van der Waals surface area contributed by atoms with Gasteiger partial charge in [-0.25, -0.2) is 0 Å². The van der Waals surface area contributed by atoms with Crippen LogP contribution in [0.4, 0.5) is 0 Å². The topological polar surface area (TPSA) is 87.2 Å². The lowest BCUT2D eigenvalue weighted by atomic mass is 9.94. The third-order valence-corrected chi connectivity index (χ3v) is 7.83. The molecule has 1 aromatic rings. The fourth-order valence-corrected chi connectivity index (χ4v) is 5.69. The van der Waals surface area contributed by atoms with E-state index in [0.29, 0.717) is 25.9 Å². The molecular weight excluding hydrogens is 480 g/mol. The summed E-state index contributed by atoms with van der Waals surface area (Å²) < 4.78 is 5.82. The number of rotatable bonds is 15. The first-order valence-corrected chi connectivity index (χ1v) is 14.1. The van der Waals surface area contributed by atoms with E-state index >= 15 is 0 Å². The summed E-state index contributed by atoms with van der Waals surface area (Å²) in [6, 6.07) is 9.62. The van der Waals surface area contributed by atoms with Gasteiger partial charge in [0.2, 0.25) is 11.8 Å². The number of nitrogens with zero attached hydrogens (tertiary/aromatic N) is 2. The second-order valence-corrected chi connectivity index (χ2v) is 10.6. The van der Waals surface area contributed by atoms with Gasteiger partial charge in [-0.3, -0.25) is 14.4 Å². The highest BCUT2D eigenvalue weighted by molar-refractivity contribution is 5.86. The molecule has 1 aromatic carbocycles. The lowest BCUT2D eigenvalue weighted by molar-refractivity contribution is -0.153. The predicted molar refractivity (Wildman–Crippen MR) is 148 cm³/mol. The SMILES string of the molecule is C=CCCC[C@H](Cc1ccccc1)C(=O)OC[C@@H]1CCCN1C(=O)[C@H](CC=C)CC(=O)N1CCC[C@H]1CO. The molecule has 0 saturated carbocycles. The molecule has 3 rings (SSSR count). The summed E-state index contributed by atoms with van der Waals surface area (Å²) in [7, 11) is 0. The first-order chi connectivity index (χ1) is 18.5. The average Bonchev–Trinajstić information content (AvgIpc) is 3.61. The van der Waals surface area contributed by atoms with Crippen LogP contribution in [0.3, 0.4) is 0 Å². The third-order valence-electron chi connectivity index (χ3n) is 7.83. The van der Waals surface area contributed by atoms with Crippen LogP contribution in [-0.2, 0) is 25.5 Å². The number of carbonyl (C=O) groups is 3. The summed E-state index contributed by atoms with van der Waals surface area (Å²) in [5.41, 5.74) is 1.10. The Balaban J connectivity index is 1.59. The van der Waals surface area contributed by atoms with E-state index < -0.39 is 5.92 Å². The number of hydrogen-bond acceptors (Lipinski definition) is 5. The highest BCUT2D eigenvalue weighted by atomic mass is 16.5. The number of esters is 1. The maximum atomic E-state index is 13.5. The molecule has 0 bridgehead atoms. The Hall–Kier alpha value is -2.93. The van der Waals surface area contributed by atoms with Crippen molar-refractivity contribution in [2.45, 2.75) is 76.3 Å². The quantitative estimate of drug-likeness (QED) is 0.210. The van der Waals surface area contributed by atoms with Gasteiger partial charge in [0, 0.05) is 19.5 Å². The number of allylic oxidation sites excluding steroid dienone is 2. The molecule has 2 saturated heterocycles. The summed E-state index contributed by atoms with van der Waals surface area (Å²) in [5.74, 6) is -1.13. The van der Waals surface area contributed by atoms with Crippen LogP contribution in [0.15, 0.2) is 55.6 Å². The fourth-order valence-electron chi connectivity index (χ4n) is 5.69. The predicted octanol–water partition coefficient (Wildman–Crippen LogP) is 4.30. The maximum Gasteiger partial charge on any atom is 0.309 e. The fraction of sp³-hybridized carbons (Fsp3) is 0.581. The van der Waals surface area contributed by atoms with Crippen molar-refractivity contribution in [3.05, 3.63) is 61.2 Å². The van der Waals surface area contributed by atoms with Crippen molar-refractivity contribution in [2.75, 3.05) is 26.3 Å². The largest absolute Gasteiger partial charge is 0.463 e. The second-order valence-electron chi connectivity index (χ2n) is 10.6. The maximum absolute atomic E-state index is 13.5. The zero-order valence-corrected chi connectivity index (χ0v) is 22.6. The Morgan fingerprint density at radius 3 is 2.39 bits per heavy atom. The van der Waals surface area contributed by atoms with Crippen LogP contribution < -0.4 is 0 Å². The number of carbonyl (C=O) groups excluding carboxylic acids is 3. The molecule has 0 spiro atoms. The average molecular weight is 525 g/mol. The van der Waals surface area contributed by atoms with Gasteiger partial charge in [0.25, 0.3) is 0 Å². The van der Waals surface area contributed by atoms with Gasteiger partial charge in [-0.15, -0.1) is 13.2 Å². The molecule has 38 heavy (non-hydrogen) atoms. The molecule has 4 atom stereocenters. The number of benzene rings is 1. The zero-order valence-electron chi connectivity index (χ0n) is 22.6. The van der Waals surface area contributed by atoms with Crippen molar-refractivity contribution in [3.8, 4) is 0 Å². The van der Waals surface area contributed by atoms with Crippen LogP contribution >= 0.6 is 0 Å². The number of amides is 2. The minimum Gasteiger partial charge on any atom is -0.463 e. The minimum absolute atomic E-state index is 0.0514. The van der Waals surface area contributed by atoms with Gasteiger partial charge in [-0.1, -0.05) is 42.5 Å². The summed E-state index contributed by atoms with van der Waals surface area (Å²) in [4.78, 5) is 43.2. The highest BCUT2D eigenvalue weighted by Gasteiger charge is 2.37. The number of aliphatic hydroxyl groups excluding tert-OH is 1. The summed E-state index contributed by atoms with van der Waals surface area (Å²) >= 11 is 0. The molecular formula is C31H44N2O5. The van der Waals surface area contributed by atoms with Gasteiger partial charge >= 0.3 is 5.97 Å².